The summed E-state index contributed by atoms with van der Waals surface area (Å²) in [5, 5.41) is 20.4. The molecule has 0 aliphatic carbocycles. The molecule has 188 valence electrons. The lowest BCUT2D eigenvalue weighted by atomic mass is 10.1. The molecule has 1 unspecified atom stereocenters. The fraction of sp³-hybridized carbons (Fsp3) is 0.667. The lowest BCUT2D eigenvalue weighted by Gasteiger charge is -2.13. The number of allylic oxidation sites excluding steroid dienone is 2. The highest BCUT2D eigenvalue weighted by Crippen LogP contribution is 2.14. The van der Waals surface area contributed by atoms with Crippen molar-refractivity contribution in [2.75, 3.05) is 6.61 Å². The first-order valence-electron chi connectivity index (χ1n) is 11.7. The number of nitrogens with one attached hydrogen (secondary N) is 1. The molecule has 0 spiro atoms. The van der Waals surface area contributed by atoms with Gasteiger partial charge >= 0.3 is 11.9 Å². The van der Waals surface area contributed by atoms with Gasteiger partial charge in [0.05, 0.1) is 12.4 Å². The van der Waals surface area contributed by atoms with E-state index in [1.165, 1.54) is 0 Å². The second kappa shape index (κ2) is 18.7. The molecule has 0 aliphatic rings. The first-order valence-corrected chi connectivity index (χ1v) is 11.7. The number of carboxylic acids is 2. The predicted octanol–water partition coefficient (Wildman–Crippen LogP) is 3.67. The number of aliphatic carboxylic acids is 2. The highest BCUT2D eigenvalue weighted by Gasteiger charge is 2.20. The highest BCUT2D eigenvalue weighted by atomic mass is 16.5. The van der Waals surface area contributed by atoms with Gasteiger partial charge in [0.25, 0.3) is 0 Å². The van der Waals surface area contributed by atoms with E-state index in [-0.39, 0.29) is 30.7 Å². The van der Waals surface area contributed by atoms with Gasteiger partial charge in [-0.2, -0.15) is 0 Å². The summed E-state index contributed by atoms with van der Waals surface area (Å²) in [6.07, 6.45) is 10.9. The normalized spacial score (nSPS) is 12.1. The van der Waals surface area contributed by atoms with Gasteiger partial charge in [0.15, 0.2) is 0 Å². The maximum absolute atomic E-state index is 11.9. The third-order valence-corrected chi connectivity index (χ3v) is 5.20. The summed E-state index contributed by atoms with van der Waals surface area (Å²) in [7, 11) is 0. The van der Waals surface area contributed by atoms with Crippen molar-refractivity contribution in [2.45, 2.75) is 96.4 Å². The number of ether oxygens (including phenoxy) is 1. The van der Waals surface area contributed by atoms with Gasteiger partial charge < -0.3 is 26.0 Å². The van der Waals surface area contributed by atoms with Crippen molar-refractivity contribution in [3.05, 3.63) is 24.0 Å². The van der Waals surface area contributed by atoms with Crippen molar-refractivity contribution in [1.29, 1.82) is 0 Å². The molecule has 0 bridgehead atoms. The minimum Gasteiger partial charge on any atom is -0.498 e. The summed E-state index contributed by atoms with van der Waals surface area (Å²) in [5.41, 5.74) is 5.20. The van der Waals surface area contributed by atoms with Crippen molar-refractivity contribution >= 4 is 23.8 Å². The average Bonchev–Trinajstić information content (AvgIpc) is 2.76. The van der Waals surface area contributed by atoms with Crippen LogP contribution in [0.25, 0.3) is 0 Å². The first kappa shape index (κ1) is 30.2. The number of unbranched alkanes of at least 4 members (excludes halogenated alkanes) is 7. The van der Waals surface area contributed by atoms with Crippen LogP contribution >= 0.6 is 0 Å². The second-order valence-electron chi connectivity index (χ2n) is 8.05. The van der Waals surface area contributed by atoms with Crippen LogP contribution in [0.5, 0.6) is 0 Å². The number of carbonyl (C=O) groups excluding carboxylic acids is 2. The lowest BCUT2D eigenvalue weighted by Crippen LogP contribution is -2.41. The quantitative estimate of drug-likeness (QED) is 0.114. The zero-order valence-electron chi connectivity index (χ0n) is 19.8. The summed E-state index contributed by atoms with van der Waals surface area (Å²) in [4.78, 5) is 44.5. The number of hydrogen-bond acceptors (Lipinski definition) is 5. The van der Waals surface area contributed by atoms with Crippen molar-refractivity contribution in [2.24, 2.45) is 5.73 Å². The molecule has 2 amide bonds. The van der Waals surface area contributed by atoms with Gasteiger partial charge in [0.2, 0.25) is 11.8 Å². The molecule has 0 heterocycles. The summed E-state index contributed by atoms with van der Waals surface area (Å²) in [5.74, 6) is -2.26. The molecule has 0 saturated heterocycles. The van der Waals surface area contributed by atoms with Crippen LogP contribution in [0.3, 0.4) is 0 Å². The van der Waals surface area contributed by atoms with Crippen molar-refractivity contribution in [3.63, 3.8) is 0 Å². The molecule has 0 rings (SSSR count). The van der Waals surface area contributed by atoms with E-state index in [0.29, 0.717) is 25.9 Å². The fourth-order valence-corrected chi connectivity index (χ4v) is 3.14. The maximum Gasteiger partial charge on any atom is 0.330 e. The minimum absolute atomic E-state index is 0.00202. The van der Waals surface area contributed by atoms with Crippen LogP contribution in [-0.4, -0.2) is 46.6 Å². The Kier molecular flexibility index (Phi) is 17.1. The van der Waals surface area contributed by atoms with Gasteiger partial charge in [-0.15, -0.1) is 0 Å². The fourth-order valence-electron chi connectivity index (χ4n) is 3.14. The number of rotatable bonds is 21. The van der Waals surface area contributed by atoms with Crippen LogP contribution in [-0.2, 0) is 23.9 Å². The molecule has 0 radical (unpaired) electrons. The van der Waals surface area contributed by atoms with E-state index in [9.17, 15) is 19.2 Å². The topological polar surface area (TPSA) is 156 Å². The molecule has 9 nitrogen and oxygen atoms in total. The largest absolute Gasteiger partial charge is 0.498 e. The second-order valence-corrected chi connectivity index (χ2v) is 8.05. The Labute approximate surface area is 196 Å². The van der Waals surface area contributed by atoms with Gasteiger partial charge in [-0.3, -0.25) is 9.59 Å². The molecule has 5 N–H and O–H groups in total. The molecule has 1 atom stereocenters. The zero-order valence-corrected chi connectivity index (χ0v) is 19.8. The molecular weight excluding hydrogens is 428 g/mol. The zero-order chi connectivity index (χ0) is 25.1. The van der Waals surface area contributed by atoms with Gasteiger partial charge in [-0.25, -0.2) is 9.59 Å². The molecule has 0 saturated carbocycles. The summed E-state index contributed by atoms with van der Waals surface area (Å²) in [6, 6.07) is -1.08. The van der Waals surface area contributed by atoms with Crippen LogP contribution in [0.2, 0.25) is 0 Å². The Hall–Kier alpha value is -2.84. The third-order valence-electron chi connectivity index (χ3n) is 5.20. The molecule has 33 heavy (non-hydrogen) atoms. The molecule has 0 fully saturated rings. The SMILES string of the molecule is C=C(CCC(=CC)OCCCCCCCCCCC(=O)NC(CCC(N)=O)C(=O)O)C(=O)O. The van der Waals surface area contributed by atoms with Crippen LogP contribution in [0.1, 0.15) is 90.4 Å². The molecule has 0 aromatic carbocycles. The van der Waals surface area contributed by atoms with E-state index < -0.39 is 23.9 Å². The molecular formula is C24H40N2O7. The Bertz CT molecular complexity index is 674. The van der Waals surface area contributed by atoms with E-state index in [4.69, 9.17) is 20.7 Å². The standard InChI is InChI=1S/C24H40N2O7/c1-3-19(14-13-18(2)23(29)30)33-17-11-9-7-5-4-6-8-10-12-22(28)26-20(24(31)32)15-16-21(25)27/h3,20H,2,4-17H2,1H3,(H2,25,27)(H,26,28)(H,29,30)(H,31,32). The minimum atomic E-state index is -1.17. The van der Waals surface area contributed by atoms with Gasteiger partial charge in [-0.1, -0.05) is 45.1 Å². The van der Waals surface area contributed by atoms with E-state index >= 15 is 0 Å². The maximum atomic E-state index is 11.9. The van der Waals surface area contributed by atoms with Crippen LogP contribution in [0.4, 0.5) is 0 Å². The predicted molar refractivity (Wildman–Crippen MR) is 125 cm³/mol. The third kappa shape index (κ3) is 17.4. The molecule has 0 aliphatic heterocycles. The van der Waals surface area contributed by atoms with E-state index in [1.807, 2.05) is 13.0 Å². The van der Waals surface area contributed by atoms with Gasteiger partial charge in [0.1, 0.15) is 6.04 Å². The van der Waals surface area contributed by atoms with E-state index in [0.717, 1.165) is 50.7 Å². The monoisotopic (exact) mass is 468 g/mol. The average molecular weight is 469 g/mol. The Morgan fingerprint density at radius 2 is 1.48 bits per heavy atom. The van der Waals surface area contributed by atoms with Crippen molar-refractivity contribution in [1.82, 2.24) is 5.32 Å². The van der Waals surface area contributed by atoms with Crippen LogP contribution < -0.4 is 11.1 Å². The van der Waals surface area contributed by atoms with Crippen LogP contribution in [0.15, 0.2) is 24.0 Å². The Balaban J connectivity index is 3.69. The van der Waals surface area contributed by atoms with E-state index in [1.54, 1.807) is 0 Å². The highest BCUT2D eigenvalue weighted by molar-refractivity contribution is 5.85. The molecule has 0 aromatic rings. The number of hydrogen-bond donors (Lipinski definition) is 4. The summed E-state index contributed by atoms with van der Waals surface area (Å²) < 4.78 is 5.70. The Morgan fingerprint density at radius 3 is 2.00 bits per heavy atom. The van der Waals surface area contributed by atoms with E-state index in [2.05, 4.69) is 11.9 Å². The number of nitrogens with two attached hydrogens (primary N) is 1. The summed E-state index contributed by atoms with van der Waals surface area (Å²) >= 11 is 0. The smallest absolute Gasteiger partial charge is 0.330 e. The van der Waals surface area contributed by atoms with Crippen molar-refractivity contribution in [3.8, 4) is 0 Å². The number of primary amides is 1. The van der Waals surface area contributed by atoms with Gasteiger partial charge in [0, 0.05) is 24.8 Å². The number of amides is 2. The lowest BCUT2D eigenvalue weighted by molar-refractivity contribution is -0.142. The van der Waals surface area contributed by atoms with Crippen LogP contribution in [0, 0.1) is 0 Å². The molecule has 0 aromatic heterocycles. The first-order chi connectivity index (χ1) is 15.7. The van der Waals surface area contributed by atoms with Crippen molar-refractivity contribution < 1.29 is 34.1 Å². The molecule has 9 heteroatoms. The Morgan fingerprint density at radius 1 is 0.909 bits per heavy atom. The van der Waals surface area contributed by atoms with Gasteiger partial charge in [-0.05, 0) is 38.7 Å². The number of carbonyl (C=O) groups is 4. The summed E-state index contributed by atoms with van der Waals surface area (Å²) in [6.45, 7) is 6.01. The number of carboxylic acid groups (broad SMARTS) is 2.